The predicted molar refractivity (Wildman–Crippen MR) is 125 cm³/mol. The minimum Gasteiger partial charge on any atom is -0.353 e. The van der Waals surface area contributed by atoms with Gasteiger partial charge in [-0.05, 0) is 84.1 Å². The molecule has 3 aromatic rings. The van der Waals surface area contributed by atoms with Crippen molar-refractivity contribution in [1.29, 1.82) is 0 Å². The van der Waals surface area contributed by atoms with E-state index in [1.54, 1.807) is 0 Å². The molecule has 4 rings (SSSR count). The normalized spacial score (nSPS) is 14.8. The van der Waals surface area contributed by atoms with E-state index in [9.17, 15) is 0 Å². The fraction of sp³-hybridized carbons (Fsp3) is 0.333. The lowest BCUT2D eigenvalue weighted by molar-refractivity contribution is 1.10. The van der Waals surface area contributed by atoms with E-state index in [2.05, 4.69) is 68.2 Å². The number of pyridine rings is 1. The molecule has 1 saturated carbocycles. The van der Waals surface area contributed by atoms with Gasteiger partial charge in [0, 0.05) is 11.8 Å². The van der Waals surface area contributed by atoms with Crippen LogP contribution in [0.1, 0.15) is 30.1 Å². The summed E-state index contributed by atoms with van der Waals surface area (Å²) in [5.74, 6) is 1.73. The Labute approximate surface area is 174 Å². The number of aromatic nitrogens is 3. The highest BCUT2D eigenvalue weighted by molar-refractivity contribution is 14.2. The Morgan fingerprint density at radius 3 is 2.65 bits per heavy atom. The second kappa shape index (κ2) is 7.50. The molecule has 1 aromatic carbocycles. The number of rotatable bonds is 5. The van der Waals surface area contributed by atoms with Crippen LogP contribution in [0.15, 0.2) is 24.3 Å². The summed E-state index contributed by atoms with van der Waals surface area (Å²) >= 11 is 8.67. The zero-order chi connectivity index (χ0) is 18.4. The largest absolute Gasteiger partial charge is 0.353 e. The van der Waals surface area contributed by atoms with Crippen molar-refractivity contribution in [1.82, 2.24) is 14.3 Å². The second-order valence-electron chi connectivity index (χ2n) is 6.81. The minimum atomic E-state index is -0.217. The summed E-state index contributed by atoms with van der Waals surface area (Å²) in [4.78, 5) is 9.24. The van der Waals surface area contributed by atoms with Crippen molar-refractivity contribution in [3.63, 3.8) is 0 Å². The van der Waals surface area contributed by atoms with Crippen molar-refractivity contribution in [2.75, 3.05) is 18.6 Å². The maximum Gasteiger partial charge on any atom is 0.167 e. The van der Waals surface area contributed by atoms with Gasteiger partial charge in [-0.3, -0.25) is 4.34 Å². The van der Waals surface area contributed by atoms with Crippen LogP contribution in [0.3, 0.4) is 0 Å². The summed E-state index contributed by atoms with van der Waals surface area (Å²) in [7, 11) is -0.217. The Bertz CT molecular complexity index is 985. The van der Waals surface area contributed by atoms with Crippen LogP contribution in [0.5, 0.6) is 0 Å². The number of nitrogens with zero attached hydrogens (tertiary/aromatic N) is 3. The highest BCUT2D eigenvalue weighted by atomic mass is 127. The van der Waals surface area contributed by atoms with Gasteiger partial charge in [-0.25, -0.2) is 9.97 Å². The van der Waals surface area contributed by atoms with E-state index in [1.807, 2.05) is 13.0 Å². The van der Waals surface area contributed by atoms with E-state index < -0.39 is 0 Å². The van der Waals surface area contributed by atoms with E-state index in [0.29, 0.717) is 11.5 Å². The van der Waals surface area contributed by atoms with Crippen LogP contribution in [-0.2, 0) is 0 Å². The van der Waals surface area contributed by atoms with Crippen LogP contribution in [0.4, 0.5) is 11.4 Å². The van der Waals surface area contributed by atoms with E-state index in [4.69, 9.17) is 16.6 Å². The minimum absolute atomic E-state index is 0.217. The van der Waals surface area contributed by atoms with Gasteiger partial charge >= 0.3 is 0 Å². The number of hydrogen-bond acceptors (Lipinski definition) is 3. The standard InChI is InChI=1S/C18H20ClIN4P2/c1-10-21-17-14(9-16(19)23-18(17)24(10)25-20)22-13-7-6-12(11-4-5-11)8-15(13)26(2)3/h6-9,11,25H,4-5H2,1-3H3,(H,22,23). The fourth-order valence-electron chi connectivity index (χ4n) is 3.16. The number of fused-ring (bicyclic) bond motifs is 1. The van der Waals surface area contributed by atoms with Crippen LogP contribution in [-0.4, -0.2) is 27.6 Å². The summed E-state index contributed by atoms with van der Waals surface area (Å²) in [5, 5.41) is 5.49. The molecule has 2 heterocycles. The van der Waals surface area contributed by atoms with Crippen LogP contribution in [0.2, 0.25) is 5.15 Å². The third-order valence-corrected chi connectivity index (χ3v) is 8.34. The van der Waals surface area contributed by atoms with Crippen LogP contribution >= 0.6 is 47.9 Å². The first-order valence-electron chi connectivity index (χ1n) is 8.48. The lowest BCUT2D eigenvalue weighted by Gasteiger charge is -2.17. The molecule has 1 atom stereocenters. The maximum absolute atomic E-state index is 6.32. The molecule has 2 aromatic heterocycles. The van der Waals surface area contributed by atoms with Gasteiger partial charge in [-0.1, -0.05) is 25.6 Å². The molecule has 0 bridgehead atoms. The summed E-state index contributed by atoms with van der Waals surface area (Å²) in [6.07, 6.45) is 3.19. The van der Waals surface area contributed by atoms with Crippen molar-refractivity contribution in [2.24, 2.45) is 0 Å². The average molecular weight is 517 g/mol. The summed E-state index contributed by atoms with van der Waals surface area (Å²) in [6.45, 7) is 6.62. The van der Waals surface area contributed by atoms with Crippen molar-refractivity contribution in [3.05, 3.63) is 40.8 Å². The van der Waals surface area contributed by atoms with Crippen molar-refractivity contribution in [2.45, 2.75) is 25.7 Å². The van der Waals surface area contributed by atoms with Crippen LogP contribution in [0.25, 0.3) is 11.2 Å². The lowest BCUT2D eigenvalue weighted by Crippen LogP contribution is -2.09. The zero-order valence-electron chi connectivity index (χ0n) is 14.8. The first-order valence-corrected chi connectivity index (χ1v) is 15.2. The molecule has 136 valence electrons. The number of anilines is 2. The van der Waals surface area contributed by atoms with Gasteiger partial charge in [0.2, 0.25) is 0 Å². The van der Waals surface area contributed by atoms with Gasteiger partial charge in [-0.15, -0.1) is 0 Å². The lowest BCUT2D eigenvalue weighted by atomic mass is 10.1. The average Bonchev–Trinajstić information content (AvgIpc) is 3.38. The van der Waals surface area contributed by atoms with Crippen molar-refractivity contribution in [3.8, 4) is 0 Å². The third kappa shape index (κ3) is 3.61. The van der Waals surface area contributed by atoms with E-state index in [0.717, 1.165) is 34.3 Å². The van der Waals surface area contributed by atoms with Gasteiger partial charge in [0.15, 0.2) is 5.65 Å². The highest BCUT2D eigenvalue weighted by Gasteiger charge is 2.24. The van der Waals surface area contributed by atoms with Gasteiger partial charge in [0.1, 0.15) is 16.5 Å². The Hall–Kier alpha value is -0.480. The second-order valence-corrected chi connectivity index (χ2v) is 11.5. The number of halogens is 2. The Morgan fingerprint density at radius 1 is 1.23 bits per heavy atom. The first kappa shape index (κ1) is 18.9. The smallest absolute Gasteiger partial charge is 0.167 e. The topological polar surface area (TPSA) is 42.7 Å². The van der Waals surface area contributed by atoms with E-state index in [1.165, 1.54) is 23.7 Å². The molecule has 1 aliphatic carbocycles. The summed E-state index contributed by atoms with van der Waals surface area (Å²) in [5.41, 5.74) is 5.28. The SMILES string of the molecule is Cc1nc2c(Nc3ccc(C4CC4)cc3P(C)C)cc(Cl)nc2n1PI. The first-order chi connectivity index (χ1) is 12.5. The fourth-order valence-corrected chi connectivity index (χ4v) is 6.51. The summed E-state index contributed by atoms with van der Waals surface area (Å²) in [6, 6.07) is 8.75. The molecule has 0 spiro atoms. The molecular weight excluding hydrogens is 497 g/mol. The van der Waals surface area contributed by atoms with Crippen molar-refractivity contribution >= 4 is 75.8 Å². The molecule has 8 heteroatoms. The highest BCUT2D eigenvalue weighted by Crippen LogP contribution is 2.42. The molecule has 0 radical (unpaired) electrons. The molecule has 4 nitrogen and oxygen atoms in total. The van der Waals surface area contributed by atoms with Gasteiger partial charge in [-0.2, -0.15) is 0 Å². The monoisotopic (exact) mass is 516 g/mol. The molecule has 0 aliphatic heterocycles. The van der Waals surface area contributed by atoms with E-state index >= 15 is 0 Å². The van der Waals surface area contributed by atoms with Gasteiger partial charge in [0.05, 0.1) is 12.1 Å². The Kier molecular flexibility index (Phi) is 5.44. The third-order valence-electron chi connectivity index (χ3n) is 4.66. The Morgan fingerprint density at radius 2 is 2.00 bits per heavy atom. The number of benzene rings is 1. The van der Waals surface area contributed by atoms with Gasteiger partial charge in [0.25, 0.3) is 0 Å². The van der Waals surface area contributed by atoms with Crippen LogP contribution < -0.4 is 10.6 Å². The van der Waals surface area contributed by atoms with E-state index in [-0.39, 0.29) is 7.92 Å². The molecule has 26 heavy (non-hydrogen) atoms. The quantitative estimate of drug-likeness (QED) is 0.250. The molecule has 1 fully saturated rings. The molecule has 0 saturated heterocycles. The van der Waals surface area contributed by atoms with Crippen LogP contribution in [0, 0.1) is 6.92 Å². The molecule has 1 N–H and O–H groups in total. The maximum atomic E-state index is 6.32. The Balaban J connectivity index is 1.80. The van der Waals surface area contributed by atoms with Gasteiger partial charge < -0.3 is 5.32 Å². The molecule has 1 aliphatic rings. The number of hydrogen-bond donors (Lipinski definition) is 1. The predicted octanol–water partition coefficient (Wildman–Crippen LogP) is 6.17. The number of aryl methyl sites for hydroxylation is 1. The molecular formula is C18H20ClIN4P2. The number of imidazole rings is 1. The van der Waals surface area contributed by atoms with Crippen molar-refractivity contribution < 1.29 is 0 Å². The zero-order valence-corrected chi connectivity index (χ0v) is 19.7. The summed E-state index contributed by atoms with van der Waals surface area (Å²) < 4.78 is 2.11. The number of nitrogens with one attached hydrogen (secondary N) is 1. The molecule has 1 unspecified atom stereocenters. The molecule has 0 amide bonds.